The van der Waals surface area contributed by atoms with Gasteiger partial charge >= 0.3 is 5.69 Å². The molecular formula is C17H20N4O4S. The van der Waals surface area contributed by atoms with Crippen molar-refractivity contribution in [2.75, 3.05) is 12.4 Å². The first-order valence-corrected chi connectivity index (χ1v) is 9.06. The molecule has 0 fully saturated rings. The summed E-state index contributed by atoms with van der Waals surface area (Å²) in [6, 6.07) is 7.89. The molecule has 0 radical (unpaired) electrons. The average Bonchev–Trinajstić information content (AvgIpc) is 2.96. The summed E-state index contributed by atoms with van der Waals surface area (Å²) in [7, 11) is 1.54. The van der Waals surface area contributed by atoms with Crippen LogP contribution >= 0.6 is 11.8 Å². The van der Waals surface area contributed by atoms with Crippen LogP contribution in [0.3, 0.4) is 0 Å². The van der Waals surface area contributed by atoms with Gasteiger partial charge in [0.25, 0.3) is 5.56 Å². The molecule has 2 heterocycles. The Morgan fingerprint density at radius 1 is 1.35 bits per heavy atom. The van der Waals surface area contributed by atoms with Gasteiger partial charge in [-0.1, -0.05) is 41.6 Å². The van der Waals surface area contributed by atoms with Crippen molar-refractivity contribution in [2.45, 2.75) is 24.7 Å². The van der Waals surface area contributed by atoms with E-state index in [9.17, 15) is 14.7 Å². The molecule has 0 aliphatic rings. The Morgan fingerprint density at radius 3 is 2.81 bits per heavy atom. The second kappa shape index (κ2) is 7.48. The standard InChI is InChI=1S/C17H20N4O4S/c1-10-4-3-5-11(6-10)7-21-13-14(20(2)16(25)19-15(13)24)18-17(21)26-9-12(23)8-22/h3-6,12,22-23H,7-9H2,1-2H3,(H,19,24,25)/t12-/m1/s1. The normalized spacial score (nSPS) is 12.6. The fourth-order valence-electron chi connectivity index (χ4n) is 2.69. The second-order valence-corrected chi connectivity index (χ2v) is 7.09. The minimum Gasteiger partial charge on any atom is -0.394 e. The third-order valence-corrected chi connectivity index (χ3v) is 5.13. The summed E-state index contributed by atoms with van der Waals surface area (Å²) < 4.78 is 3.02. The summed E-state index contributed by atoms with van der Waals surface area (Å²) in [4.78, 5) is 31.0. The van der Waals surface area contributed by atoms with Crippen LogP contribution in [-0.4, -0.2) is 47.8 Å². The number of nitrogens with one attached hydrogen (secondary N) is 1. The van der Waals surface area contributed by atoms with Crippen LogP contribution in [0.15, 0.2) is 39.0 Å². The maximum Gasteiger partial charge on any atom is 0.329 e. The summed E-state index contributed by atoms with van der Waals surface area (Å²) in [6.45, 7) is 2.03. The molecular weight excluding hydrogens is 356 g/mol. The molecule has 8 nitrogen and oxygen atoms in total. The van der Waals surface area contributed by atoms with Crippen molar-refractivity contribution in [3.63, 3.8) is 0 Å². The van der Waals surface area contributed by atoms with Crippen LogP contribution in [0.25, 0.3) is 11.2 Å². The Bertz CT molecular complexity index is 1050. The van der Waals surface area contributed by atoms with E-state index in [0.29, 0.717) is 17.2 Å². The molecule has 138 valence electrons. The van der Waals surface area contributed by atoms with Gasteiger partial charge in [-0.2, -0.15) is 0 Å². The Balaban J connectivity index is 2.14. The number of hydrogen-bond donors (Lipinski definition) is 3. The van der Waals surface area contributed by atoms with Crippen molar-refractivity contribution >= 4 is 22.9 Å². The van der Waals surface area contributed by atoms with E-state index >= 15 is 0 Å². The zero-order valence-corrected chi connectivity index (χ0v) is 15.3. The van der Waals surface area contributed by atoms with E-state index in [4.69, 9.17) is 5.11 Å². The van der Waals surface area contributed by atoms with E-state index < -0.39 is 17.4 Å². The number of rotatable bonds is 6. The van der Waals surface area contributed by atoms with E-state index in [1.54, 1.807) is 11.6 Å². The number of aryl methyl sites for hydroxylation is 2. The number of nitrogens with zero attached hydrogens (tertiary/aromatic N) is 3. The van der Waals surface area contributed by atoms with Crippen molar-refractivity contribution in [2.24, 2.45) is 7.05 Å². The molecule has 0 saturated carbocycles. The van der Waals surface area contributed by atoms with Crippen LogP contribution in [0, 0.1) is 6.92 Å². The van der Waals surface area contributed by atoms with Gasteiger partial charge in [0.1, 0.15) is 0 Å². The average molecular weight is 376 g/mol. The highest BCUT2D eigenvalue weighted by atomic mass is 32.2. The van der Waals surface area contributed by atoms with Gasteiger partial charge in [0.2, 0.25) is 0 Å². The van der Waals surface area contributed by atoms with Crippen molar-refractivity contribution in [3.05, 3.63) is 56.2 Å². The van der Waals surface area contributed by atoms with E-state index in [0.717, 1.165) is 11.1 Å². The molecule has 1 atom stereocenters. The van der Waals surface area contributed by atoms with Crippen molar-refractivity contribution in [1.82, 2.24) is 19.1 Å². The number of H-pyrrole nitrogens is 1. The molecule has 3 rings (SSSR count). The van der Waals surface area contributed by atoms with Crippen LogP contribution in [0.5, 0.6) is 0 Å². The van der Waals surface area contributed by atoms with Crippen LogP contribution in [-0.2, 0) is 13.6 Å². The van der Waals surface area contributed by atoms with E-state index in [1.165, 1.54) is 16.3 Å². The first-order valence-electron chi connectivity index (χ1n) is 8.07. The van der Waals surface area contributed by atoms with E-state index in [2.05, 4.69) is 9.97 Å². The SMILES string of the molecule is Cc1cccc(Cn2c(SC[C@H](O)CO)nc3c2c(=O)[nH]c(=O)n3C)c1. The Labute approximate surface area is 153 Å². The molecule has 3 N–H and O–H groups in total. The number of fused-ring (bicyclic) bond motifs is 1. The summed E-state index contributed by atoms with van der Waals surface area (Å²) in [5.74, 6) is 0.222. The molecule has 0 amide bonds. The highest BCUT2D eigenvalue weighted by Crippen LogP contribution is 2.23. The maximum absolute atomic E-state index is 12.4. The molecule has 1 aromatic carbocycles. The van der Waals surface area contributed by atoms with E-state index in [-0.39, 0.29) is 18.0 Å². The lowest BCUT2D eigenvalue weighted by atomic mass is 10.1. The number of aliphatic hydroxyl groups excluding tert-OH is 2. The lowest BCUT2D eigenvalue weighted by Gasteiger charge is -2.10. The van der Waals surface area contributed by atoms with Gasteiger partial charge in [-0.3, -0.25) is 14.3 Å². The minimum absolute atomic E-state index is 0.222. The topological polar surface area (TPSA) is 113 Å². The van der Waals surface area contributed by atoms with E-state index in [1.807, 2.05) is 31.2 Å². The minimum atomic E-state index is -0.894. The number of aromatic nitrogens is 4. The number of aromatic amines is 1. The molecule has 0 aliphatic carbocycles. The molecule has 3 aromatic rings. The number of aliphatic hydroxyl groups is 2. The zero-order chi connectivity index (χ0) is 18.8. The molecule has 2 aromatic heterocycles. The van der Waals surface area contributed by atoms with Gasteiger partial charge in [-0.15, -0.1) is 0 Å². The monoisotopic (exact) mass is 376 g/mol. The Hall–Kier alpha value is -2.36. The fourth-order valence-corrected chi connectivity index (χ4v) is 3.60. The number of hydrogen-bond acceptors (Lipinski definition) is 6. The summed E-state index contributed by atoms with van der Waals surface area (Å²) in [5.41, 5.74) is 1.63. The maximum atomic E-state index is 12.4. The molecule has 9 heteroatoms. The molecule has 0 bridgehead atoms. The highest BCUT2D eigenvalue weighted by molar-refractivity contribution is 7.99. The van der Waals surface area contributed by atoms with Crippen LogP contribution in [0.4, 0.5) is 0 Å². The molecule has 0 saturated heterocycles. The molecule has 0 unspecified atom stereocenters. The van der Waals surface area contributed by atoms with Gasteiger partial charge in [0.05, 0.1) is 19.3 Å². The van der Waals surface area contributed by atoms with Gasteiger partial charge < -0.3 is 14.8 Å². The van der Waals surface area contributed by atoms with Gasteiger partial charge in [-0.05, 0) is 12.5 Å². The van der Waals surface area contributed by atoms with Gasteiger partial charge in [0.15, 0.2) is 16.3 Å². The smallest absolute Gasteiger partial charge is 0.329 e. The molecule has 0 aliphatic heterocycles. The largest absolute Gasteiger partial charge is 0.394 e. The summed E-state index contributed by atoms with van der Waals surface area (Å²) in [5, 5.41) is 19.2. The highest BCUT2D eigenvalue weighted by Gasteiger charge is 2.19. The summed E-state index contributed by atoms with van der Waals surface area (Å²) in [6.07, 6.45) is -0.894. The van der Waals surface area contributed by atoms with Gasteiger partial charge in [-0.25, -0.2) is 9.78 Å². The van der Waals surface area contributed by atoms with Crippen molar-refractivity contribution in [1.29, 1.82) is 0 Å². The third-order valence-electron chi connectivity index (χ3n) is 4.01. The molecule has 0 spiro atoms. The lowest BCUT2D eigenvalue weighted by Crippen LogP contribution is -2.29. The Kier molecular flexibility index (Phi) is 5.30. The van der Waals surface area contributed by atoms with Crippen molar-refractivity contribution in [3.8, 4) is 0 Å². The molecule has 26 heavy (non-hydrogen) atoms. The predicted molar refractivity (Wildman–Crippen MR) is 99.7 cm³/mol. The number of imidazole rings is 1. The Morgan fingerprint density at radius 2 is 2.12 bits per heavy atom. The van der Waals surface area contributed by atoms with Crippen LogP contribution in [0.2, 0.25) is 0 Å². The zero-order valence-electron chi connectivity index (χ0n) is 14.5. The summed E-state index contributed by atoms with van der Waals surface area (Å²) >= 11 is 1.23. The first kappa shape index (κ1) is 18.4. The predicted octanol–water partition coefficient (Wildman–Crippen LogP) is 0.225. The number of thioether (sulfide) groups is 1. The quantitative estimate of drug-likeness (QED) is 0.531. The second-order valence-electron chi connectivity index (χ2n) is 6.11. The lowest BCUT2D eigenvalue weighted by molar-refractivity contribution is 0.113. The van der Waals surface area contributed by atoms with Gasteiger partial charge in [0, 0.05) is 12.8 Å². The third kappa shape index (κ3) is 3.59. The first-order chi connectivity index (χ1) is 12.4. The van der Waals surface area contributed by atoms with Crippen LogP contribution < -0.4 is 11.2 Å². The van der Waals surface area contributed by atoms with Crippen molar-refractivity contribution < 1.29 is 10.2 Å². The fraction of sp³-hybridized carbons (Fsp3) is 0.353. The number of benzene rings is 1. The van der Waals surface area contributed by atoms with Crippen LogP contribution in [0.1, 0.15) is 11.1 Å².